The maximum Gasteiger partial charge on any atom is 0.124 e. The van der Waals surface area contributed by atoms with Gasteiger partial charge in [-0.3, -0.25) is 0 Å². The van der Waals surface area contributed by atoms with Gasteiger partial charge in [-0.05, 0) is 38.1 Å². The van der Waals surface area contributed by atoms with E-state index < -0.39 is 0 Å². The van der Waals surface area contributed by atoms with Crippen LogP contribution in [0.4, 0.5) is 0 Å². The molecule has 0 saturated carbocycles. The first-order chi connectivity index (χ1) is 9.21. The second-order valence-electron chi connectivity index (χ2n) is 6.06. The van der Waals surface area contributed by atoms with Gasteiger partial charge >= 0.3 is 0 Å². The molecule has 1 aromatic carbocycles. The number of hydrogen-bond donors (Lipinski definition) is 1. The number of allylic oxidation sites excluding steroid dienone is 1. The highest BCUT2D eigenvalue weighted by Crippen LogP contribution is 2.53. The second-order valence-corrected chi connectivity index (χ2v) is 6.73. The predicted molar refractivity (Wildman–Crippen MR) is 80.0 cm³/mol. The minimum absolute atomic E-state index is 0.0569. The van der Waals surface area contributed by atoms with Gasteiger partial charge in [-0.15, -0.1) is 0 Å². The first-order valence-corrected chi connectivity index (χ1v) is 7.56. The van der Waals surface area contributed by atoms with Crippen LogP contribution in [0.25, 0.3) is 0 Å². The van der Waals surface area contributed by atoms with Crippen LogP contribution in [-0.4, -0.2) is 29.8 Å². The molecular weight excluding hydrogens is 254 g/mol. The van der Waals surface area contributed by atoms with Crippen LogP contribution in [0, 0.1) is 0 Å². The Balaban J connectivity index is 1.96. The van der Waals surface area contributed by atoms with Crippen molar-refractivity contribution in [2.24, 2.45) is 0 Å². The highest BCUT2D eigenvalue weighted by Gasteiger charge is 2.52. The van der Waals surface area contributed by atoms with Crippen LogP contribution in [-0.2, 0) is 12.0 Å². The third kappa shape index (κ3) is 1.55. The minimum Gasteiger partial charge on any atom is -0.488 e. The number of nitrogens with zero attached hydrogens (tertiary/aromatic N) is 1. The Morgan fingerprint density at radius 2 is 2.32 bits per heavy atom. The SMILES string of the molecule is CN1CCC23C=CCC(S)C2Oc2cccc(c23)C1. The van der Waals surface area contributed by atoms with Gasteiger partial charge in [-0.1, -0.05) is 24.3 Å². The molecule has 2 heterocycles. The Kier molecular flexibility index (Phi) is 2.52. The molecule has 0 aromatic heterocycles. The quantitative estimate of drug-likeness (QED) is 0.576. The van der Waals surface area contributed by atoms with E-state index in [0.29, 0.717) is 5.25 Å². The molecule has 2 nitrogen and oxygen atoms in total. The first kappa shape index (κ1) is 11.9. The van der Waals surface area contributed by atoms with Crippen molar-refractivity contribution in [2.45, 2.75) is 36.2 Å². The van der Waals surface area contributed by atoms with Crippen LogP contribution in [0.5, 0.6) is 5.75 Å². The fourth-order valence-corrected chi connectivity index (χ4v) is 4.41. The summed E-state index contributed by atoms with van der Waals surface area (Å²) < 4.78 is 6.28. The molecule has 0 amide bonds. The van der Waals surface area contributed by atoms with Crippen LogP contribution in [0.1, 0.15) is 24.0 Å². The van der Waals surface area contributed by atoms with Gasteiger partial charge in [0, 0.05) is 17.4 Å². The molecule has 19 heavy (non-hydrogen) atoms. The lowest BCUT2D eigenvalue weighted by Gasteiger charge is -2.37. The van der Waals surface area contributed by atoms with Crippen LogP contribution in [0.3, 0.4) is 0 Å². The van der Waals surface area contributed by atoms with Crippen molar-refractivity contribution in [2.75, 3.05) is 13.6 Å². The fraction of sp³-hybridized carbons (Fsp3) is 0.500. The zero-order valence-corrected chi connectivity index (χ0v) is 12.1. The van der Waals surface area contributed by atoms with Gasteiger partial charge in [0.05, 0.1) is 5.41 Å². The van der Waals surface area contributed by atoms with Crippen LogP contribution >= 0.6 is 12.6 Å². The summed E-state index contributed by atoms with van der Waals surface area (Å²) in [5, 5.41) is 0.300. The molecule has 3 aliphatic rings. The molecule has 1 aromatic rings. The van der Waals surface area contributed by atoms with Gasteiger partial charge in [0.1, 0.15) is 11.9 Å². The highest BCUT2D eigenvalue weighted by atomic mass is 32.1. The topological polar surface area (TPSA) is 12.5 Å². The van der Waals surface area contributed by atoms with E-state index in [9.17, 15) is 0 Å². The molecular formula is C16H19NOS. The highest BCUT2D eigenvalue weighted by molar-refractivity contribution is 7.81. The lowest BCUT2D eigenvalue weighted by Crippen LogP contribution is -2.45. The van der Waals surface area contributed by atoms with Crippen molar-refractivity contribution >= 4 is 12.6 Å². The van der Waals surface area contributed by atoms with E-state index in [1.165, 1.54) is 11.1 Å². The van der Waals surface area contributed by atoms with E-state index >= 15 is 0 Å². The first-order valence-electron chi connectivity index (χ1n) is 7.04. The number of hydrogen-bond acceptors (Lipinski definition) is 3. The van der Waals surface area contributed by atoms with Gasteiger partial charge in [0.2, 0.25) is 0 Å². The summed E-state index contributed by atoms with van der Waals surface area (Å²) in [7, 11) is 2.21. The lowest BCUT2D eigenvalue weighted by molar-refractivity contribution is 0.149. The molecule has 3 unspecified atom stereocenters. The average molecular weight is 273 g/mol. The van der Waals surface area contributed by atoms with Crippen molar-refractivity contribution in [3.63, 3.8) is 0 Å². The Morgan fingerprint density at radius 3 is 3.21 bits per heavy atom. The summed E-state index contributed by atoms with van der Waals surface area (Å²) >= 11 is 4.77. The van der Waals surface area contributed by atoms with E-state index in [0.717, 1.165) is 31.7 Å². The van der Waals surface area contributed by atoms with Crippen molar-refractivity contribution in [1.82, 2.24) is 4.90 Å². The summed E-state index contributed by atoms with van der Waals surface area (Å²) in [5.41, 5.74) is 2.91. The molecule has 100 valence electrons. The molecule has 3 atom stereocenters. The maximum absolute atomic E-state index is 6.28. The van der Waals surface area contributed by atoms with E-state index in [4.69, 9.17) is 17.4 Å². The Hall–Kier alpha value is -0.930. The normalized spacial score (nSPS) is 36.3. The molecule has 0 radical (unpaired) electrons. The molecule has 4 rings (SSSR count). The molecule has 0 bridgehead atoms. The fourth-order valence-electron chi connectivity index (χ4n) is 3.96. The molecule has 0 fully saturated rings. The molecule has 1 spiro atoms. The third-order valence-corrected chi connectivity index (χ3v) is 5.31. The van der Waals surface area contributed by atoms with Crippen LogP contribution < -0.4 is 4.74 Å². The maximum atomic E-state index is 6.28. The number of benzene rings is 1. The Morgan fingerprint density at radius 1 is 1.42 bits per heavy atom. The third-order valence-electron chi connectivity index (χ3n) is 4.83. The van der Waals surface area contributed by atoms with E-state index in [2.05, 4.69) is 42.3 Å². The molecule has 0 saturated heterocycles. The number of ether oxygens (including phenoxy) is 1. The standard InChI is InChI=1S/C16H19NOS/c1-17-9-8-16-7-3-6-13(19)15(16)18-12-5-2-4-11(10-17)14(12)16/h2-5,7,13,15,19H,6,8-10H2,1H3. The lowest BCUT2D eigenvalue weighted by atomic mass is 9.69. The summed E-state index contributed by atoms with van der Waals surface area (Å²) in [6.45, 7) is 2.13. The second kappa shape index (κ2) is 4.03. The van der Waals surface area contributed by atoms with Crippen LogP contribution in [0.2, 0.25) is 0 Å². The van der Waals surface area contributed by atoms with Gasteiger partial charge in [-0.25, -0.2) is 0 Å². The molecule has 2 aliphatic heterocycles. The van der Waals surface area contributed by atoms with E-state index in [1.807, 2.05) is 0 Å². The average Bonchev–Trinajstić information content (AvgIpc) is 2.66. The molecule has 0 N–H and O–H groups in total. The van der Waals surface area contributed by atoms with Crippen molar-refractivity contribution < 1.29 is 4.74 Å². The number of rotatable bonds is 0. The van der Waals surface area contributed by atoms with Gasteiger partial charge in [-0.2, -0.15) is 12.6 Å². The van der Waals surface area contributed by atoms with E-state index in [-0.39, 0.29) is 11.5 Å². The van der Waals surface area contributed by atoms with Crippen molar-refractivity contribution in [3.8, 4) is 5.75 Å². The minimum atomic E-state index is 0.0569. The summed E-state index contributed by atoms with van der Waals surface area (Å²) in [6.07, 6.45) is 7.04. The number of thiol groups is 1. The summed E-state index contributed by atoms with van der Waals surface area (Å²) in [4.78, 5) is 2.41. The van der Waals surface area contributed by atoms with Gasteiger partial charge in [0.15, 0.2) is 0 Å². The summed E-state index contributed by atoms with van der Waals surface area (Å²) in [5.74, 6) is 1.09. The zero-order chi connectivity index (χ0) is 13.0. The predicted octanol–water partition coefficient (Wildman–Crippen LogP) is 2.78. The van der Waals surface area contributed by atoms with Crippen molar-refractivity contribution in [1.29, 1.82) is 0 Å². The Bertz CT molecular complexity index is 556. The van der Waals surface area contributed by atoms with Crippen molar-refractivity contribution in [3.05, 3.63) is 41.5 Å². The molecule has 1 aliphatic carbocycles. The van der Waals surface area contributed by atoms with E-state index in [1.54, 1.807) is 0 Å². The monoisotopic (exact) mass is 273 g/mol. The van der Waals surface area contributed by atoms with Gasteiger partial charge < -0.3 is 9.64 Å². The largest absolute Gasteiger partial charge is 0.488 e. The smallest absolute Gasteiger partial charge is 0.124 e. The Labute approximate surface area is 119 Å². The van der Waals surface area contributed by atoms with Crippen LogP contribution in [0.15, 0.2) is 30.4 Å². The molecule has 3 heteroatoms. The summed E-state index contributed by atoms with van der Waals surface area (Å²) in [6, 6.07) is 6.50. The zero-order valence-electron chi connectivity index (χ0n) is 11.2. The van der Waals surface area contributed by atoms with Gasteiger partial charge in [0.25, 0.3) is 0 Å².